The molecule has 0 aliphatic carbocycles. The largest absolute Gasteiger partial charge is 0.378 e. The molecular formula is C11H9FN4O2. The smallest absolute Gasteiger partial charge is 0.337 e. The zero-order valence-corrected chi connectivity index (χ0v) is 9.42. The number of hydrogen-bond acceptors (Lipinski definition) is 5. The summed E-state index contributed by atoms with van der Waals surface area (Å²) in [5.41, 5.74) is 6.06. The highest BCUT2D eigenvalue weighted by Gasteiger charge is 2.23. The first-order chi connectivity index (χ1) is 8.50. The van der Waals surface area contributed by atoms with Crippen molar-refractivity contribution in [2.75, 3.05) is 5.73 Å². The maximum atomic E-state index is 13.2. The Labute approximate surface area is 101 Å². The molecule has 0 spiro atoms. The SMILES string of the molecule is Cc1ccc(F)cc1-c1ncnc(N)c1[N+](=O)[O-]. The normalized spacial score (nSPS) is 10.3. The highest BCUT2D eigenvalue weighted by atomic mass is 19.1. The number of nitrogens with zero attached hydrogens (tertiary/aromatic N) is 3. The van der Waals surface area contributed by atoms with Crippen molar-refractivity contribution in [2.24, 2.45) is 0 Å². The zero-order chi connectivity index (χ0) is 13.3. The summed E-state index contributed by atoms with van der Waals surface area (Å²) in [5, 5.41) is 11.0. The molecule has 0 saturated heterocycles. The summed E-state index contributed by atoms with van der Waals surface area (Å²) < 4.78 is 13.2. The second kappa shape index (κ2) is 4.36. The van der Waals surface area contributed by atoms with Crippen LogP contribution in [0.2, 0.25) is 0 Å². The third-order valence-electron chi connectivity index (χ3n) is 2.49. The Bertz CT molecular complexity index is 630. The van der Waals surface area contributed by atoms with Crippen molar-refractivity contribution in [3.8, 4) is 11.3 Å². The molecule has 0 aliphatic heterocycles. The molecule has 18 heavy (non-hydrogen) atoms. The zero-order valence-electron chi connectivity index (χ0n) is 9.42. The van der Waals surface area contributed by atoms with Crippen LogP contribution in [0.15, 0.2) is 24.5 Å². The van der Waals surface area contributed by atoms with Crippen LogP contribution in [0.25, 0.3) is 11.3 Å². The monoisotopic (exact) mass is 248 g/mol. The molecule has 0 aliphatic rings. The van der Waals surface area contributed by atoms with Crippen LogP contribution in [0, 0.1) is 22.9 Å². The van der Waals surface area contributed by atoms with E-state index in [1.807, 2.05) is 0 Å². The third kappa shape index (κ3) is 1.97. The van der Waals surface area contributed by atoms with Gasteiger partial charge in [0.15, 0.2) is 5.69 Å². The lowest BCUT2D eigenvalue weighted by Gasteiger charge is -2.06. The maximum Gasteiger partial charge on any atom is 0.337 e. The highest BCUT2D eigenvalue weighted by Crippen LogP contribution is 2.33. The molecule has 0 amide bonds. The van der Waals surface area contributed by atoms with Gasteiger partial charge in [-0.15, -0.1) is 0 Å². The van der Waals surface area contributed by atoms with Gasteiger partial charge in [-0.05, 0) is 24.6 Å². The topological polar surface area (TPSA) is 94.9 Å². The summed E-state index contributed by atoms with van der Waals surface area (Å²) in [6.45, 7) is 1.71. The van der Waals surface area contributed by atoms with Crippen LogP contribution in [0.4, 0.5) is 15.9 Å². The van der Waals surface area contributed by atoms with Crippen molar-refractivity contribution in [1.82, 2.24) is 9.97 Å². The average Bonchev–Trinajstić information content (AvgIpc) is 2.31. The van der Waals surface area contributed by atoms with E-state index in [-0.39, 0.29) is 11.5 Å². The highest BCUT2D eigenvalue weighted by molar-refractivity contribution is 5.77. The number of nitrogens with two attached hydrogens (primary N) is 1. The lowest BCUT2D eigenvalue weighted by Crippen LogP contribution is -2.03. The van der Waals surface area contributed by atoms with Crippen LogP contribution >= 0.6 is 0 Å². The van der Waals surface area contributed by atoms with Crippen LogP contribution in [-0.4, -0.2) is 14.9 Å². The second-order valence-corrected chi connectivity index (χ2v) is 3.67. The molecule has 6 nitrogen and oxygen atoms in total. The van der Waals surface area contributed by atoms with E-state index >= 15 is 0 Å². The maximum absolute atomic E-state index is 13.2. The summed E-state index contributed by atoms with van der Waals surface area (Å²) >= 11 is 0. The lowest BCUT2D eigenvalue weighted by atomic mass is 10.0. The molecule has 2 rings (SSSR count). The summed E-state index contributed by atoms with van der Waals surface area (Å²) in [4.78, 5) is 17.7. The van der Waals surface area contributed by atoms with E-state index < -0.39 is 16.4 Å². The van der Waals surface area contributed by atoms with E-state index in [1.54, 1.807) is 6.92 Å². The van der Waals surface area contributed by atoms with Gasteiger partial charge in [0.25, 0.3) is 0 Å². The fourth-order valence-corrected chi connectivity index (χ4v) is 1.62. The minimum atomic E-state index is -0.672. The minimum Gasteiger partial charge on any atom is -0.378 e. The molecule has 2 N–H and O–H groups in total. The molecule has 0 unspecified atom stereocenters. The number of hydrogen-bond donors (Lipinski definition) is 1. The van der Waals surface area contributed by atoms with Crippen molar-refractivity contribution in [2.45, 2.75) is 6.92 Å². The number of aryl methyl sites for hydroxylation is 1. The summed E-state index contributed by atoms with van der Waals surface area (Å²) in [6.07, 6.45) is 1.11. The fourth-order valence-electron chi connectivity index (χ4n) is 1.62. The first kappa shape index (κ1) is 11.9. The Hall–Kier alpha value is -2.57. The van der Waals surface area contributed by atoms with Gasteiger partial charge in [0, 0.05) is 5.56 Å². The number of rotatable bonds is 2. The van der Waals surface area contributed by atoms with Crippen molar-refractivity contribution in [3.63, 3.8) is 0 Å². The van der Waals surface area contributed by atoms with Gasteiger partial charge in [0.1, 0.15) is 12.1 Å². The van der Waals surface area contributed by atoms with Gasteiger partial charge in [0.2, 0.25) is 5.82 Å². The van der Waals surface area contributed by atoms with Crippen molar-refractivity contribution in [3.05, 3.63) is 46.0 Å². The molecule has 7 heteroatoms. The standard InChI is InChI=1S/C11H9FN4O2/c1-6-2-3-7(12)4-8(6)9-10(16(17)18)11(13)15-5-14-9/h2-5H,1H3,(H2,13,14,15). The van der Waals surface area contributed by atoms with Crippen molar-refractivity contribution in [1.29, 1.82) is 0 Å². The molecule has 0 saturated carbocycles. The van der Waals surface area contributed by atoms with Crippen LogP contribution in [-0.2, 0) is 0 Å². The molecule has 0 fully saturated rings. The summed E-state index contributed by atoms with van der Waals surface area (Å²) in [7, 11) is 0. The van der Waals surface area contributed by atoms with E-state index in [2.05, 4.69) is 9.97 Å². The first-order valence-corrected chi connectivity index (χ1v) is 5.02. The van der Waals surface area contributed by atoms with E-state index in [4.69, 9.17) is 5.73 Å². The molecule has 92 valence electrons. The minimum absolute atomic E-state index is 0.0181. The number of anilines is 1. The second-order valence-electron chi connectivity index (χ2n) is 3.67. The molecule has 1 aromatic heterocycles. The van der Waals surface area contributed by atoms with Gasteiger partial charge in [-0.1, -0.05) is 6.07 Å². The summed E-state index contributed by atoms with van der Waals surface area (Å²) in [5.74, 6) is -0.740. The van der Waals surface area contributed by atoms with Gasteiger partial charge in [0.05, 0.1) is 4.92 Å². The van der Waals surface area contributed by atoms with Crippen LogP contribution < -0.4 is 5.73 Å². The Balaban J connectivity index is 2.75. The Kier molecular flexibility index (Phi) is 2.88. The molecule has 0 bridgehead atoms. The van der Waals surface area contributed by atoms with E-state index in [1.165, 1.54) is 18.2 Å². The van der Waals surface area contributed by atoms with E-state index in [9.17, 15) is 14.5 Å². The van der Waals surface area contributed by atoms with Gasteiger partial charge in [-0.25, -0.2) is 14.4 Å². The predicted molar refractivity (Wildman–Crippen MR) is 63.2 cm³/mol. The number of nitrogen functional groups attached to an aromatic ring is 1. The number of nitro groups is 1. The molecule has 0 radical (unpaired) electrons. The first-order valence-electron chi connectivity index (χ1n) is 5.02. The van der Waals surface area contributed by atoms with Gasteiger partial charge >= 0.3 is 5.69 Å². The Morgan fingerprint density at radius 3 is 2.78 bits per heavy atom. The molecule has 0 atom stereocenters. The van der Waals surface area contributed by atoms with Gasteiger partial charge < -0.3 is 5.73 Å². The number of benzene rings is 1. The van der Waals surface area contributed by atoms with Crippen molar-refractivity contribution < 1.29 is 9.31 Å². The number of halogens is 1. The van der Waals surface area contributed by atoms with Crippen molar-refractivity contribution >= 4 is 11.5 Å². The Morgan fingerprint density at radius 2 is 2.11 bits per heavy atom. The van der Waals surface area contributed by atoms with E-state index in [0.717, 1.165) is 6.33 Å². The molecule has 1 heterocycles. The third-order valence-corrected chi connectivity index (χ3v) is 2.49. The van der Waals surface area contributed by atoms with Crippen LogP contribution in [0.3, 0.4) is 0 Å². The van der Waals surface area contributed by atoms with Crippen LogP contribution in [0.1, 0.15) is 5.56 Å². The van der Waals surface area contributed by atoms with Gasteiger partial charge in [-0.2, -0.15) is 0 Å². The van der Waals surface area contributed by atoms with Gasteiger partial charge in [-0.3, -0.25) is 10.1 Å². The predicted octanol–water partition coefficient (Wildman–Crippen LogP) is 2.08. The summed E-state index contributed by atoms with van der Waals surface area (Å²) in [6, 6.07) is 3.98. The van der Waals surface area contributed by atoms with E-state index in [0.29, 0.717) is 11.1 Å². The fraction of sp³-hybridized carbons (Fsp3) is 0.0909. The molecular weight excluding hydrogens is 239 g/mol. The quantitative estimate of drug-likeness (QED) is 0.648. The average molecular weight is 248 g/mol. The molecule has 2 aromatic rings. The number of aromatic nitrogens is 2. The molecule has 1 aromatic carbocycles. The lowest BCUT2D eigenvalue weighted by molar-refractivity contribution is -0.383. The Morgan fingerprint density at radius 1 is 1.39 bits per heavy atom. The van der Waals surface area contributed by atoms with Crippen LogP contribution in [0.5, 0.6) is 0 Å².